The first-order valence-electron chi connectivity index (χ1n) is 9.66. The Morgan fingerprint density at radius 3 is 2.64 bits per heavy atom. The van der Waals surface area contributed by atoms with Gasteiger partial charge in [0.15, 0.2) is 0 Å². The molecule has 0 aliphatic carbocycles. The van der Waals surface area contributed by atoms with Crippen LogP contribution in [0.15, 0.2) is 29.7 Å². The number of allylic oxidation sites excluding steroid dienone is 1. The first-order chi connectivity index (χ1) is 13.1. The minimum absolute atomic E-state index is 0.0207. The molecule has 6 nitrogen and oxygen atoms in total. The van der Waals surface area contributed by atoms with E-state index in [1.165, 1.54) is 0 Å². The van der Waals surface area contributed by atoms with E-state index in [1.807, 2.05) is 61.9 Å². The van der Waals surface area contributed by atoms with Crippen molar-refractivity contribution in [2.75, 3.05) is 19.6 Å². The molecule has 1 aliphatic rings. The molecule has 2 aromatic rings. The quantitative estimate of drug-likeness (QED) is 0.791. The van der Waals surface area contributed by atoms with Crippen LogP contribution in [0.2, 0.25) is 0 Å². The number of urea groups is 1. The Kier molecular flexibility index (Phi) is 5.57. The molecular weight excluding hydrogens is 372 g/mol. The van der Waals surface area contributed by atoms with Crippen LogP contribution in [0.4, 0.5) is 4.79 Å². The van der Waals surface area contributed by atoms with Crippen LogP contribution >= 0.6 is 11.3 Å². The lowest BCUT2D eigenvalue weighted by atomic mass is 10.1. The van der Waals surface area contributed by atoms with Crippen molar-refractivity contribution in [3.05, 3.63) is 35.4 Å². The van der Waals surface area contributed by atoms with Gasteiger partial charge in [-0.25, -0.2) is 4.79 Å². The largest absolute Gasteiger partial charge is 0.334 e. The molecule has 1 aliphatic heterocycles. The minimum Gasteiger partial charge on any atom is -0.334 e. The van der Waals surface area contributed by atoms with Crippen LogP contribution in [0.1, 0.15) is 45.1 Å². The molecule has 1 fully saturated rings. The highest BCUT2D eigenvalue weighted by atomic mass is 32.1. The summed E-state index contributed by atoms with van der Waals surface area (Å²) in [7, 11) is 0. The van der Waals surface area contributed by atoms with Crippen molar-refractivity contribution < 1.29 is 9.59 Å². The number of piperazine rings is 1. The molecule has 1 saturated heterocycles. The Morgan fingerprint density at radius 1 is 1.32 bits per heavy atom. The maximum absolute atomic E-state index is 13.3. The van der Waals surface area contributed by atoms with E-state index in [4.69, 9.17) is 0 Å². The van der Waals surface area contributed by atoms with Crippen LogP contribution in [0.3, 0.4) is 0 Å². The maximum Gasteiger partial charge on any atom is 0.318 e. The van der Waals surface area contributed by atoms with Gasteiger partial charge in [-0.05, 0) is 52.1 Å². The van der Waals surface area contributed by atoms with Crippen LogP contribution in [-0.4, -0.2) is 57.5 Å². The van der Waals surface area contributed by atoms with Gasteiger partial charge in [-0.3, -0.25) is 4.79 Å². The smallest absolute Gasteiger partial charge is 0.318 e. The second-order valence-corrected chi connectivity index (χ2v) is 9.62. The van der Waals surface area contributed by atoms with Crippen molar-refractivity contribution in [2.45, 2.75) is 52.7 Å². The number of nitrogens with zero attached hydrogens (tertiary/aromatic N) is 3. The monoisotopic (exact) mass is 402 g/mol. The van der Waals surface area contributed by atoms with Crippen LogP contribution in [0.5, 0.6) is 0 Å². The maximum atomic E-state index is 13.3. The number of carbonyl (C=O) groups excluding carboxylic acids is 2. The van der Waals surface area contributed by atoms with Crippen molar-refractivity contribution in [3.63, 3.8) is 0 Å². The molecule has 1 N–H and O–H groups in total. The molecule has 3 amide bonds. The van der Waals surface area contributed by atoms with Gasteiger partial charge in [0.1, 0.15) is 10.5 Å². The van der Waals surface area contributed by atoms with E-state index in [0.717, 1.165) is 15.8 Å². The average molecular weight is 403 g/mol. The lowest BCUT2D eigenvalue weighted by Gasteiger charge is -2.41. The Labute approximate surface area is 170 Å². The number of aromatic nitrogens is 1. The zero-order valence-corrected chi connectivity index (χ0v) is 18.2. The third-order valence-electron chi connectivity index (χ3n) is 4.81. The molecule has 28 heavy (non-hydrogen) atoms. The summed E-state index contributed by atoms with van der Waals surface area (Å²) in [6.07, 6.45) is 0. The first kappa shape index (κ1) is 20.5. The van der Waals surface area contributed by atoms with Gasteiger partial charge in [-0.15, -0.1) is 11.3 Å². The molecule has 3 rings (SSSR count). The number of hydrogen-bond donors (Lipinski definition) is 1. The van der Waals surface area contributed by atoms with Crippen molar-refractivity contribution in [3.8, 4) is 0 Å². The molecule has 0 unspecified atom stereocenters. The van der Waals surface area contributed by atoms with Crippen LogP contribution in [0, 0.1) is 0 Å². The number of rotatable bonds is 3. The summed E-state index contributed by atoms with van der Waals surface area (Å²) in [5.41, 5.74) is 1.43. The topological polar surface area (TPSA) is 57.6 Å². The second kappa shape index (κ2) is 7.62. The fraction of sp³-hybridized carbons (Fsp3) is 0.524. The molecule has 0 radical (unpaired) electrons. The summed E-state index contributed by atoms with van der Waals surface area (Å²) in [5.74, 6) is 0.0207. The lowest BCUT2D eigenvalue weighted by molar-refractivity contribution is 0.0564. The number of hydrogen-bond acceptors (Lipinski definition) is 3. The number of fused-ring (bicyclic) bond motifs is 1. The van der Waals surface area contributed by atoms with Gasteiger partial charge in [0, 0.05) is 43.1 Å². The van der Waals surface area contributed by atoms with Crippen LogP contribution in [0.25, 0.3) is 10.2 Å². The zero-order chi connectivity index (χ0) is 20.6. The average Bonchev–Trinajstić information content (AvgIpc) is 3.14. The third-order valence-corrected chi connectivity index (χ3v) is 5.76. The van der Waals surface area contributed by atoms with Crippen LogP contribution in [-0.2, 0) is 6.54 Å². The normalized spacial score (nSPS) is 17.8. The molecule has 2 aromatic heterocycles. The van der Waals surface area contributed by atoms with Crippen molar-refractivity contribution >= 4 is 33.5 Å². The van der Waals surface area contributed by atoms with Gasteiger partial charge in [0.05, 0.1) is 0 Å². The summed E-state index contributed by atoms with van der Waals surface area (Å²) >= 11 is 1.64. The lowest BCUT2D eigenvalue weighted by Crippen LogP contribution is -2.59. The van der Waals surface area contributed by atoms with Gasteiger partial charge in [-0.2, -0.15) is 0 Å². The van der Waals surface area contributed by atoms with Crippen LogP contribution < -0.4 is 5.32 Å². The van der Waals surface area contributed by atoms with Gasteiger partial charge >= 0.3 is 6.03 Å². The van der Waals surface area contributed by atoms with E-state index < -0.39 is 0 Å². The number of carbonyl (C=O) groups is 2. The van der Waals surface area contributed by atoms with E-state index >= 15 is 0 Å². The fourth-order valence-corrected chi connectivity index (χ4v) is 4.47. The van der Waals surface area contributed by atoms with Gasteiger partial charge in [-0.1, -0.05) is 12.2 Å². The fourth-order valence-electron chi connectivity index (χ4n) is 3.58. The molecule has 0 saturated carbocycles. The minimum atomic E-state index is -0.279. The first-order valence-corrected chi connectivity index (χ1v) is 10.5. The summed E-state index contributed by atoms with van der Waals surface area (Å²) < 4.78 is 2.06. The molecule has 3 heterocycles. The summed E-state index contributed by atoms with van der Waals surface area (Å²) in [6.45, 7) is 16.1. The zero-order valence-electron chi connectivity index (χ0n) is 17.4. The standard InChI is InChI=1S/C21H30N4O2S/c1-14(2)12-25-17(11-16-7-10-28-19(16)25)18(26)23-8-9-24(15(3)13-23)20(27)22-21(4,5)6/h7,10-11,15H,1,8-9,12-13H2,2-6H3,(H,22,27)/t15-/m1/s1. The molecular formula is C21H30N4O2S. The van der Waals surface area contributed by atoms with E-state index in [2.05, 4.69) is 16.5 Å². The SMILES string of the molecule is C=C(C)Cn1c(C(=O)N2CCN(C(=O)NC(C)(C)C)[C@H](C)C2)cc2ccsc21. The summed E-state index contributed by atoms with van der Waals surface area (Å²) in [4.78, 5) is 30.6. The highest BCUT2D eigenvalue weighted by Crippen LogP contribution is 2.27. The number of nitrogens with one attached hydrogen (secondary N) is 1. The Morgan fingerprint density at radius 2 is 2.04 bits per heavy atom. The third kappa shape index (κ3) is 4.24. The predicted molar refractivity (Wildman–Crippen MR) is 115 cm³/mol. The number of thiophene rings is 1. The van der Waals surface area contributed by atoms with E-state index in [0.29, 0.717) is 31.9 Å². The Bertz CT molecular complexity index is 905. The molecule has 0 bridgehead atoms. The van der Waals surface area contributed by atoms with Crippen molar-refractivity contribution in [1.82, 2.24) is 19.7 Å². The highest BCUT2D eigenvalue weighted by Gasteiger charge is 2.32. The molecule has 1 atom stereocenters. The Hall–Kier alpha value is -2.28. The van der Waals surface area contributed by atoms with Crippen molar-refractivity contribution in [1.29, 1.82) is 0 Å². The van der Waals surface area contributed by atoms with Gasteiger partial charge in [0.2, 0.25) is 0 Å². The highest BCUT2D eigenvalue weighted by molar-refractivity contribution is 7.16. The molecule has 0 spiro atoms. The van der Waals surface area contributed by atoms with Gasteiger partial charge < -0.3 is 19.7 Å². The van der Waals surface area contributed by atoms with Gasteiger partial charge in [0.25, 0.3) is 5.91 Å². The van der Waals surface area contributed by atoms with E-state index in [9.17, 15) is 9.59 Å². The number of amides is 3. The Balaban J connectivity index is 1.76. The second-order valence-electron chi connectivity index (χ2n) is 8.73. The molecule has 0 aromatic carbocycles. The van der Waals surface area contributed by atoms with Crippen molar-refractivity contribution in [2.24, 2.45) is 0 Å². The molecule has 152 valence electrons. The summed E-state index contributed by atoms with van der Waals surface area (Å²) in [5, 5.41) is 6.14. The van der Waals surface area contributed by atoms with E-state index in [1.54, 1.807) is 11.3 Å². The van der Waals surface area contributed by atoms with E-state index in [-0.39, 0.29) is 23.5 Å². The molecule has 7 heteroatoms. The predicted octanol–water partition coefficient (Wildman–Crippen LogP) is 3.93. The summed E-state index contributed by atoms with van der Waals surface area (Å²) in [6, 6.07) is 3.91.